The van der Waals surface area contributed by atoms with Gasteiger partial charge in [0.25, 0.3) is 5.91 Å². The molecule has 1 amide bonds. The highest BCUT2D eigenvalue weighted by Gasteiger charge is 2.10. The molecule has 0 aliphatic carbocycles. The van der Waals surface area contributed by atoms with Crippen molar-refractivity contribution in [2.24, 2.45) is 5.73 Å². The molecule has 0 saturated carbocycles. The number of amides is 1. The van der Waals surface area contributed by atoms with Crippen LogP contribution in [-0.4, -0.2) is 30.0 Å². The van der Waals surface area contributed by atoms with Crippen molar-refractivity contribution in [3.63, 3.8) is 0 Å². The standard InChI is InChI=1S/C16H19N3O3S/c1-2-22-16(21)12-5-3-11(4-6-12)9-18-15(20)13-10-23-14(19-13)7-8-17/h3-6,10H,2,7-9,17H2,1H3,(H,18,20). The molecule has 0 aliphatic heterocycles. The molecule has 1 aromatic carbocycles. The third-order valence-corrected chi connectivity index (χ3v) is 3.97. The highest BCUT2D eigenvalue weighted by molar-refractivity contribution is 7.09. The summed E-state index contributed by atoms with van der Waals surface area (Å²) < 4.78 is 4.92. The van der Waals surface area contributed by atoms with Gasteiger partial charge in [0.05, 0.1) is 17.2 Å². The van der Waals surface area contributed by atoms with E-state index in [2.05, 4.69) is 10.3 Å². The first kappa shape index (κ1) is 17.1. The number of hydrogen-bond donors (Lipinski definition) is 2. The fraction of sp³-hybridized carbons (Fsp3) is 0.312. The van der Waals surface area contributed by atoms with Gasteiger partial charge in [-0.1, -0.05) is 12.1 Å². The second kappa shape index (κ2) is 8.40. The first-order valence-electron chi connectivity index (χ1n) is 7.32. The second-order valence-corrected chi connectivity index (χ2v) is 5.71. The van der Waals surface area contributed by atoms with Crippen molar-refractivity contribution in [1.29, 1.82) is 0 Å². The third-order valence-electron chi connectivity index (χ3n) is 3.06. The predicted octanol–water partition coefficient (Wildman–Crippen LogP) is 1.75. The van der Waals surface area contributed by atoms with Crippen LogP contribution >= 0.6 is 11.3 Å². The van der Waals surface area contributed by atoms with Crippen molar-refractivity contribution < 1.29 is 14.3 Å². The lowest BCUT2D eigenvalue weighted by atomic mass is 10.1. The molecule has 1 aromatic heterocycles. The molecule has 0 saturated heterocycles. The number of hydrogen-bond acceptors (Lipinski definition) is 6. The average molecular weight is 333 g/mol. The zero-order valence-electron chi connectivity index (χ0n) is 12.9. The van der Waals surface area contributed by atoms with E-state index < -0.39 is 0 Å². The Labute approximate surface area is 138 Å². The molecule has 23 heavy (non-hydrogen) atoms. The molecule has 0 fully saturated rings. The van der Waals surface area contributed by atoms with Gasteiger partial charge in [-0.2, -0.15) is 0 Å². The number of aromatic nitrogens is 1. The molecule has 0 atom stereocenters. The van der Waals surface area contributed by atoms with Crippen molar-refractivity contribution in [1.82, 2.24) is 10.3 Å². The minimum Gasteiger partial charge on any atom is -0.462 e. The van der Waals surface area contributed by atoms with E-state index in [1.165, 1.54) is 11.3 Å². The van der Waals surface area contributed by atoms with Gasteiger partial charge in [0.15, 0.2) is 0 Å². The molecule has 2 aromatic rings. The van der Waals surface area contributed by atoms with E-state index in [0.717, 1.165) is 10.6 Å². The van der Waals surface area contributed by atoms with Gasteiger partial charge >= 0.3 is 5.97 Å². The van der Waals surface area contributed by atoms with E-state index >= 15 is 0 Å². The number of carbonyl (C=O) groups is 2. The zero-order valence-corrected chi connectivity index (χ0v) is 13.7. The number of esters is 1. The predicted molar refractivity (Wildman–Crippen MR) is 88.4 cm³/mol. The maximum Gasteiger partial charge on any atom is 0.338 e. The lowest BCUT2D eigenvalue weighted by Gasteiger charge is -2.05. The van der Waals surface area contributed by atoms with Gasteiger partial charge in [-0.3, -0.25) is 4.79 Å². The molecule has 0 radical (unpaired) electrons. The van der Waals surface area contributed by atoms with Crippen LogP contribution in [0.3, 0.4) is 0 Å². The average Bonchev–Trinajstić information content (AvgIpc) is 3.02. The Balaban J connectivity index is 1.89. The molecule has 122 valence electrons. The molecule has 3 N–H and O–H groups in total. The number of nitrogens with zero attached hydrogens (tertiary/aromatic N) is 1. The monoisotopic (exact) mass is 333 g/mol. The van der Waals surface area contributed by atoms with Gasteiger partial charge < -0.3 is 15.8 Å². The Kier molecular flexibility index (Phi) is 6.25. The summed E-state index contributed by atoms with van der Waals surface area (Å²) in [5.74, 6) is -0.572. The minimum atomic E-state index is -0.349. The summed E-state index contributed by atoms with van der Waals surface area (Å²) >= 11 is 1.43. The van der Waals surface area contributed by atoms with E-state index in [1.807, 2.05) is 0 Å². The number of thiazole rings is 1. The molecule has 0 spiro atoms. The maximum absolute atomic E-state index is 12.0. The van der Waals surface area contributed by atoms with Crippen LogP contribution in [0.15, 0.2) is 29.6 Å². The fourth-order valence-electron chi connectivity index (χ4n) is 1.90. The molecular weight excluding hydrogens is 314 g/mol. The van der Waals surface area contributed by atoms with Gasteiger partial charge in [0.2, 0.25) is 0 Å². The zero-order chi connectivity index (χ0) is 16.7. The van der Waals surface area contributed by atoms with Gasteiger partial charge in [-0.25, -0.2) is 9.78 Å². The highest BCUT2D eigenvalue weighted by atomic mass is 32.1. The molecule has 2 rings (SSSR count). The van der Waals surface area contributed by atoms with E-state index in [4.69, 9.17) is 10.5 Å². The van der Waals surface area contributed by atoms with Crippen LogP contribution in [0.5, 0.6) is 0 Å². The van der Waals surface area contributed by atoms with Crippen LogP contribution in [0.4, 0.5) is 0 Å². The summed E-state index contributed by atoms with van der Waals surface area (Å²) in [7, 11) is 0. The van der Waals surface area contributed by atoms with Crippen LogP contribution in [0.1, 0.15) is 38.3 Å². The summed E-state index contributed by atoms with van der Waals surface area (Å²) in [5.41, 5.74) is 7.26. The summed E-state index contributed by atoms with van der Waals surface area (Å²) in [5, 5.41) is 5.39. The van der Waals surface area contributed by atoms with E-state index in [-0.39, 0.29) is 11.9 Å². The maximum atomic E-state index is 12.0. The van der Waals surface area contributed by atoms with Crippen LogP contribution in [-0.2, 0) is 17.7 Å². The van der Waals surface area contributed by atoms with Crippen molar-refractivity contribution in [2.45, 2.75) is 19.9 Å². The minimum absolute atomic E-state index is 0.223. The molecule has 7 heteroatoms. The summed E-state index contributed by atoms with van der Waals surface area (Å²) in [4.78, 5) is 27.8. The van der Waals surface area contributed by atoms with Crippen LogP contribution in [0, 0.1) is 0 Å². The van der Waals surface area contributed by atoms with E-state index in [1.54, 1.807) is 36.6 Å². The van der Waals surface area contributed by atoms with Crippen LogP contribution in [0.25, 0.3) is 0 Å². The fourth-order valence-corrected chi connectivity index (χ4v) is 2.69. The number of benzene rings is 1. The molecule has 1 heterocycles. The first-order valence-corrected chi connectivity index (χ1v) is 8.20. The summed E-state index contributed by atoms with van der Waals surface area (Å²) in [6.07, 6.45) is 0.674. The topological polar surface area (TPSA) is 94.3 Å². The van der Waals surface area contributed by atoms with E-state index in [9.17, 15) is 9.59 Å². The first-order chi connectivity index (χ1) is 11.1. The number of rotatable bonds is 7. The summed E-state index contributed by atoms with van der Waals surface area (Å²) in [6.45, 7) is 2.99. The molecule has 0 aliphatic rings. The quantitative estimate of drug-likeness (QED) is 0.753. The number of nitrogens with one attached hydrogen (secondary N) is 1. The number of carbonyl (C=O) groups excluding carboxylic acids is 2. The van der Waals surface area contributed by atoms with Gasteiger partial charge in [-0.05, 0) is 31.2 Å². The van der Waals surface area contributed by atoms with Crippen molar-refractivity contribution in [2.75, 3.05) is 13.2 Å². The van der Waals surface area contributed by atoms with Crippen molar-refractivity contribution in [3.05, 3.63) is 51.5 Å². The Morgan fingerprint density at radius 1 is 1.30 bits per heavy atom. The molecule has 0 bridgehead atoms. The normalized spacial score (nSPS) is 10.3. The molecule has 6 nitrogen and oxygen atoms in total. The number of nitrogens with two attached hydrogens (primary N) is 1. The lowest BCUT2D eigenvalue weighted by molar-refractivity contribution is 0.0526. The largest absolute Gasteiger partial charge is 0.462 e. The Morgan fingerprint density at radius 3 is 2.70 bits per heavy atom. The van der Waals surface area contributed by atoms with E-state index in [0.29, 0.717) is 37.4 Å². The SMILES string of the molecule is CCOC(=O)c1ccc(CNC(=O)c2csc(CCN)n2)cc1. The highest BCUT2D eigenvalue weighted by Crippen LogP contribution is 2.10. The van der Waals surface area contributed by atoms with Gasteiger partial charge in [0.1, 0.15) is 5.69 Å². The molecule has 0 unspecified atom stereocenters. The Bertz CT molecular complexity index is 667. The van der Waals surface area contributed by atoms with Crippen LogP contribution in [0.2, 0.25) is 0 Å². The van der Waals surface area contributed by atoms with Gasteiger partial charge in [-0.15, -0.1) is 11.3 Å². The van der Waals surface area contributed by atoms with Crippen molar-refractivity contribution in [3.8, 4) is 0 Å². The smallest absolute Gasteiger partial charge is 0.338 e. The van der Waals surface area contributed by atoms with Crippen molar-refractivity contribution >= 4 is 23.2 Å². The van der Waals surface area contributed by atoms with Crippen LogP contribution < -0.4 is 11.1 Å². The number of ether oxygens (including phenoxy) is 1. The lowest BCUT2D eigenvalue weighted by Crippen LogP contribution is -2.23. The summed E-state index contributed by atoms with van der Waals surface area (Å²) in [6, 6.07) is 6.93. The molecular formula is C16H19N3O3S. The third kappa shape index (κ3) is 4.87. The Morgan fingerprint density at radius 2 is 2.04 bits per heavy atom. The Hall–Kier alpha value is -2.25. The van der Waals surface area contributed by atoms with Gasteiger partial charge in [0, 0.05) is 18.3 Å². The second-order valence-electron chi connectivity index (χ2n) is 4.77.